The topological polar surface area (TPSA) is 24.5 Å². The third-order valence-corrected chi connectivity index (χ3v) is 3.64. The molecule has 0 spiro atoms. The van der Waals surface area contributed by atoms with Crippen molar-refractivity contribution in [2.75, 3.05) is 33.3 Å². The van der Waals surface area contributed by atoms with Crippen LogP contribution in [0.5, 0.6) is 0 Å². The molecule has 1 rings (SSSR count). The molecule has 3 nitrogen and oxygen atoms in total. The summed E-state index contributed by atoms with van der Waals surface area (Å²) in [6.45, 7) is 9.35. The Morgan fingerprint density at radius 1 is 1.19 bits per heavy atom. The van der Waals surface area contributed by atoms with Gasteiger partial charge in [-0.2, -0.15) is 0 Å². The van der Waals surface area contributed by atoms with Gasteiger partial charge in [-0.1, -0.05) is 0 Å². The molecule has 1 heterocycles. The van der Waals surface area contributed by atoms with Crippen molar-refractivity contribution in [3.8, 4) is 0 Å². The van der Waals surface area contributed by atoms with Crippen molar-refractivity contribution in [2.24, 2.45) is 0 Å². The molecule has 1 aliphatic rings. The predicted octanol–water partition coefficient (Wildman–Crippen LogP) is 1.88. The van der Waals surface area contributed by atoms with Gasteiger partial charge in [-0.3, -0.25) is 0 Å². The summed E-state index contributed by atoms with van der Waals surface area (Å²) in [5, 5.41) is 3.52. The molecule has 1 aliphatic heterocycles. The summed E-state index contributed by atoms with van der Waals surface area (Å²) >= 11 is 0. The van der Waals surface area contributed by atoms with E-state index in [9.17, 15) is 0 Å². The van der Waals surface area contributed by atoms with Gasteiger partial charge >= 0.3 is 0 Å². The Labute approximate surface area is 101 Å². The lowest BCUT2D eigenvalue weighted by Gasteiger charge is -2.20. The monoisotopic (exact) mass is 228 g/mol. The SMILES string of the molecule is COC(C)C(C)NCCCCN1CCCC1. The van der Waals surface area contributed by atoms with E-state index in [1.54, 1.807) is 7.11 Å². The molecule has 0 aromatic heterocycles. The summed E-state index contributed by atoms with van der Waals surface area (Å²) < 4.78 is 5.28. The van der Waals surface area contributed by atoms with Crippen molar-refractivity contribution in [1.29, 1.82) is 0 Å². The molecular weight excluding hydrogens is 200 g/mol. The van der Waals surface area contributed by atoms with E-state index in [0.717, 1.165) is 6.54 Å². The Bertz CT molecular complexity index is 169. The molecule has 0 aliphatic carbocycles. The lowest BCUT2D eigenvalue weighted by Crippen LogP contribution is -2.37. The van der Waals surface area contributed by atoms with Gasteiger partial charge in [0.2, 0.25) is 0 Å². The van der Waals surface area contributed by atoms with Crippen LogP contribution in [-0.2, 0) is 4.74 Å². The quantitative estimate of drug-likeness (QED) is 0.642. The van der Waals surface area contributed by atoms with Crippen molar-refractivity contribution in [3.05, 3.63) is 0 Å². The Hall–Kier alpha value is -0.120. The van der Waals surface area contributed by atoms with Crippen molar-refractivity contribution < 1.29 is 4.74 Å². The van der Waals surface area contributed by atoms with Crippen molar-refractivity contribution >= 4 is 0 Å². The zero-order valence-electron chi connectivity index (χ0n) is 11.2. The number of methoxy groups -OCH3 is 1. The summed E-state index contributed by atoms with van der Waals surface area (Å²) in [4.78, 5) is 2.58. The first kappa shape index (κ1) is 13.9. The number of ether oxygens (including phenoxy) is 1. The molecule has 3 heteroatoms. The average Bonchev–Trinajstić information content (AvgIpc) is 2.80. The third kappa shape index (κ3) is 5.28. The molecule has 0 saturated carbocycles. The first-order valence-electron chi connectivity index (χ1n) is 6.72. The van der Waals surface area contributed by atoms with Crippen LogP contribution in [0.3, 0.4) is 0 Å². The van der Waals surface area contributed by atoms with Crippen LogP contribution in [0.15, 0.2) is 0 Å². The number of rotatable bonds is 8. The molecule has 2 unspecified atom stereocenters. The second-order valence-electron chi connectivity index (χ2n) is 4.94. The van der Waals surface area contributed by atoms with E-state index in [-0.39, 0.29) is 0 Å². The second kappa shape index (κ2) is 8.04. The number of nitrogens with one attached hydrogen (secondary N) is 1. The smallest absolute Gasteiger partial charge is 0.0693 e. The number of hydrogen-bond donors (Lipinski definition) is 1. The minimum atomic E-state index is 0.304. The Morgan fingerprint density at radius 2 is 1.88 bits per heavy atom. The lowest BCUT2D eigenvalue weighted by atomic mass is 10.2. The summed E-state index contributed by atoms with van der Waals surface area (Å²) in [7, 11) is 1.77. The highest BCUT2D eigenvalue weighted by atomic mass is 16.5. The normalized spacial score (nSPS) is 21.2. The largest absolute Gasteiger partial charge is 0.380 e. The Balaban J connectivity index is 1.91. The highest BCUT2D eigenvalue weighted by Gasteiger charge is 2.11. The van der Waals surface area contributed by atoms with Gasteiger partial charge in [-0.25, -0.2) is 0 Å². The van der Waals surface area contributed by atoms with Crippen LogP contribution in [-0.4, -0.2) is 50.3 Å². The number of likely N-dealkylation sites (tertiary alicyclic amines) is 1. The molecule has 1 saturated heterocycles. The van der Waals surface area contributed by atoms with Crippen LogP contribution >= 0.6 is 0 Å². The van der Waals surface area contributed by atoms with Crippen molar-refractivity contribution in [3.63, 3.8) is 0 Å². The third-order valence-electron chi connectivity index (χ3n) is 3.64. The van der Waals surface area contributed by atoms with E-state index in [1.807, 2.05) is 0 Å². The molecule has 0 radical (unpaired) electrons. The minimum absolute atomic E-state index is 0.304. The van der Waals surface area contributed by atoms with E-state index in [2.05, 4.69) is 24.1 Å². The van der Waals surface area contributed by atoms with E-state index < -0.39 is 0 Å². The number of hydrogen-bond acceptors (Lipinski definition) is 3. The van der Waals surface area contributed by atoms with Gasteiger partial charge in [0.15, 0.2) is 0 Å². The molecule has 1 fully saturated rings. The number of nitrogens with zero attached hydrogens (tertiary/aromatic N) is 1. The van der Waals surface area contributed by atoms with Crippen molar-refractivity contribution in [2.45, 2.75) is 51.7 Å². The molecule has 0 bridgehead atoms. The molecule has 0 aromatic rings. The van der Waals surface area contributed by atoms with E-state index in [0.29, 0.717) is 12.1 Å². The molecule has 0 aromatic carbocycles. The fourth-order valence-electron chi connectivity index (χ4n) is 2.17. The first-order valence-corrected chi connectivity index (χ1v) is 6.72. The minimum Gasteiger partial charge on any atom is -0.380 e. The fourth-order valence-corrected chi connectivity index (χ4v) is 2.17. The summed E-state index contributed by atoms with van der Waals surface area (Å²) in [5.74, 6) is 0. The lowest BCUT2D eigenvalue weighted by molar-refractivity contribution is 0.0886. The van der Waals surface area contributed by atoms with Crippen LogP contribution in [0.25, 0.3) is 0 Å². The van der Waals surface area contributed by atoms with Gasteiger partial charge in [0, 0.05) is 13.2 Å². The Morgan fingerprint density at radius 3 is 2.50 bits per heavy atom. The van der Waals surface area contributed by atoms with E-state index in [1.165, 1.54) is 45.3 Å². The predicted molar refractivity (Wildman–Crippen MR) is 68.8 cm³/mol. The van der Waals surface area contributed by atoms with E-state index in [4.69, 9.17) is 4.74 Å². The van der Waals surface area contributed by atoms with Crippen LogP contribution in [0.1, 0.15) is 39.5 Å². The zero-order valence-corrected chi connectivity index (χ0v) is 11.2. The molecule has 96 valence electrons. The van der Waals surface area contributed by atoms with Gasteiger partial charge in [-0.15, -0.1) is 0 Å². The van der Waals surface area contributed by atoms with Gasteiger partial charge in [0.1, 0.15) is 0 Å². The molecular formula is C13H28N2O. The average molecular weight is 228 g/mol. The fraction of sp³-hybridized carbons (Fsp3) is 1.00. The Kier molecular flexibility index (Phi) is 7.01. The van der Waals surface area contributed by atoms with Crippen LogP contribution in [0.2, 0.25) is 0 Å². The van der Waals surface area contributed by atoms with Crippen LogP contribution in [0.4, 0.5) is 0 Å². The molecule has 16 heavy (non-hydrogen) atoms. The van der Waals surface area contributed by atoms with Gasteiger partial charge in [-0.05, 0) is 65.7 Å². The highest BCUT2D eigenvalue weighted by Crippen LogP contribution is 2.08. The second-order valence-corrected chi connectivity index (χ2v) is 4.94. The molecule has 1 N–H and O–H groups in total. The number of unbranched alkanes of at least 4 members (excludes halogenated alkanes) is 1. The van der Waals surface area contributed by atoms with Crippen LogP contribution in [0, 0.1) is 0 Å². The van der Waals surface area contributed by atoms with E-state index >= 15 is 0 Å². The molecule has 2 atom stereocenters. The van der Waals surface area contributed by atoms with Gasteiger partial charge in [0.05, 0.1) is 6.10 Å². The van der Waals surface area contributed by atoms with Gasteiger partial charge in [0.25, 0.3) is 0 Å². The van der Waals surface area contributed by atoms with Gasteiger partial charge < -0.3 is 15.0 Å². The summed E-state index contributed by atoms with van der Waals surface area (Å²) in [6, 6.07) is 0.455. The van der Waals surface area contributed by atoms with Crippen molar-refractivity contribution in [1.82, 2.24) is 10.2 Å². The maximum Gasteiger partial charge on any atom is 0.0693 e. The van der Waals surface area contributed by atoms with Crippen LogP contribution < -0.4 is 5.32 Å². The maximum atomic E-state index is 5.28. The first-order chi connectivity index (χ1) is 7.74. The highest BCUT2D eigenvalue weighted by molar-refractivity contribution is 4.69. The standard InChI is InChI=1S/C13H28N2O/c1-12(13(2)16-3)14-8-4-5-9-15-10-6-7-11-15/h12-14H,4-11H2,1-3H3. The summed E-state index contributed by atoms with van der Waals surface area (Å²) in [5.41, 5.74) is 0. The maximum absolute atomic E-state index is 5.28. The molecule has 0 amide bonds. The zero-order chi connectivity index (χ0) is 11.8. The summed E-state index contributed by atoms with van der Waals surface area (Å²) in [6.07, 6.45) is 5.71.